The second-order valence-corrected chi connectivity index (χ2v) is 4.80. The molecule has 0 saturated heterocycles. The zero-order valence-corrected chi connectivity index (χ0v) is 11.5. The van der Waals surface area contributed by atoms with E-state index in [-0.39, 0.29) is 11.5 Å². The molecule has 0 spiro atoms. The number of hydrogen-bond donors (Lipinski definition) is 1. The molecular weight excluding hydrogens is 281 g/mol. The maximum atomic E-state index is 13.0. The van der Waals surface area contributed by atoms with Crippen molar-refractivity contribution in [3.63, 3.8) is 0 Å². The Kier molecular flexibility index (Phi) is 3.66. The fourth-order valence-electron chi connectivity index (χ4n) is 2.21. The number of aromatic carboxylic acids is 1. The van der Waals surface area contributed by atoms with Gasteiger partial charge in [-0.3, -0.25) is 0 Å². The van der Waals surface area contributed by atoms with Crippen LogP contribution in [0.3, 0.4) is 0 Å². The van der Waals surface area contributed by atoms with E-state index in [1.165, 1.54) is 18.2 Å². The highest BCUT2D eigenvalue weighted by Crippen LogP contribution is 2.26. The minimum Gasteiger partial charge on any atom is -0.477 e. The van der Waals surface area contributed by atoms with Crippen molar-refractivity contribution >= 4 is 5.97 Å². The van der Waals surface area contributed by atoms with Crippen LogP contribution in [-0.2, 0) is 0 Å². The van der Waals surface area contributed by atoms with Crippen molar-refractivity contribution in [3.8, 4) is 22.4 Å². The van der Waals surface area contributed by atoms with Gasteiger partial charge in [-0.2, -0.15) is 0 Å². The summed E-state index contributed by atoms with van der Waals surface area (Å²) < 4.78 is 13.0. The maximum absolute atomic E-state index is 13.0. The minimum absolute atomic E-state index is 0.0410. The van der Waals surface area contributed by atoms with Crippen LogP contribution in [0.2, 0.25) is 0 Å². The van der Waals surface area contributed by atoms with Crippen LogP contribution in [0, 0.1) is 5.82 Å². The van der Waals surface area contributed by atoms with Crippen LogP contribution in [0.15, 0.2) is 66.7 Å². The van der Waals surface area contributed by atoms with E-state index in [0.717, 1.165) is 11.1 Å². The first-order valence-electron chi connectivity index (χ1n) is 6.70. The third-order valence-electron chi connectivity index (χ3n) is 3.29. The number of pyridine rings is 1. The molecule has 3 nitrogen and oxygen atoms in total. The number of carboxylic acids is 1. The molecule has 0 bridgehead atoms. The second kappa shape index (κ2) is 5.77. The number of halogens is 1. The minimum atomic E-state index is -1.10. The van der Waals surface area contributed by atoms with Gasteiger partial charge in [-0.05, 0) is 35.4 Å². The topological polar surface area (TPSA) is 50.2 Å². The lowest BCUT2D eigenvalue weighted by Crippen LogP contribution is -2.02. The van der Waals surface area contributed by atoms with Crippen molar-refractivity contribution in [2.24, 2.45) is 0 Å². The van der Waals surface area contributed by atoms with E-state index in [9.17, 15) is 14.3 Å². The zero-order chi connectivity index (χ0) is 15.5. The van der Waals surface area contributed by atoms with Crippen LogP contribution >= 0.6 is 0 Å². The first-order valence-corrected chi connectivity index (χ1v) is 6.70. The molecule has 1 heterocycles. The van der Waals surface area contributed by atoms with Gasteiger partial charge < -0.3 is 5.11 Å². The summed E-state index contributed by atoms with van der Waals surface area (Å²) in [6.07, 6.45) is 0. The lowest BCUT2D eigenvalue weighted by atomic mass is 10.0. The first kappa shape index (κ1) is 13.9. The lowest BCUT2D eigenvalue weighted by molar-refractivity contribution is 0.0690. The van der Waals surface area contributed by atoms with Crippen molar-refractivity contribution in [3.05, 3.63) is 78.2 Å². The molecule has 1 aromatic heterocycles. The van der Waals surface area contributed by atoms with Crippen molar-refractivity contribution in [1.29, 1.82) is 0 Å². The summed E-state index contributed by atoms with van der Waals surface area (Å²) in [6.45, 7) is 0. The Morgan fingerprint density at radius 2 is 1.55 bits per heavy atom. The van der Waals surface area contributed by atoms with Gasteiger partial charge >= 0.3 is 5.97 Å². The van der Waals surface area contributed by atoms with Crippen LogP contribution in [0.4, 0.5) is 4.39 Å². The summed E-state index contributed by atoms with van der Waals surface area (Å²) >= 11 is 0. The van der Waals surface area contributed by atoms with E-state index in [1.54, 1.807) is 18.2 Å². The highest BCUT2D eigenvalue weighted by Gasteiger charge is 2.11. The second-order valence-electron chi connectivity index (χ2n) is 4.80. The third-order valence-corrected chi connectivity index (χ3v) is 3.29. The van der Waals surface area contributed by atoms with Crippen LogP contribution in [-0.4, -0.2) is 16.1 Å². The number of carbonyl (C=O) groups is 1. The molecule has 0 aliphatic rings. The Balaban J connectivity index is 2.16. The molecule has 0 aliphatic carbocycles. The van der Waals surface area contributed by atoms with Gasteiger partial charge in [-0.25, -0.2) is 14.2 Å². The summed E-state index contributed by atoms with van der Waals surface area (Å²) in [6, 6.07) is 18.5. The number of aromatic nitrogens is 1. The molecular formula is C18H12FNO2. The van der Waals surface area contributed by atoms with Crippen molar-refractivity contribution in [2.75, 3.05) is 0 Å². The molecule has 0 saturated carbocycles. The Labute approximate surface area is 126 Å². The predicted octanol–water partition coefficient (Wildman–Crippen LogP) is 4.25. The van der Waals surface area contributed by atoms with E-state index in [2.05, 4.69) is 4.98 Å². The van der Waals surface area contributed by atoms with Crippen molar-refractivity contribution in [2.45, 2.75) is 0 Å². The van der Waals surface area contributed by atoms with Gasteiger partial charge in [0.15, 0.2) is 0 Å². The summed E-state index contributed by atoms with van der Waals surface area (Å²) in [4.78, 5) is 15.5. The third kappa shape index (κ3) is 2.86. The average Bonchev–Trinajstić information content (AvgIpc) is 2.56. The monoisotopic (exact) mass is 293 g/mol. The van der Waals surface area contributed by atoms with Crippen LogP contribution in [0.1, 0.15) is 10.5 Å². The molecule has 0 aliphatic heterocycles. The zero-order valence-electron chi connectivity index (χ0n) is 11.5. The normalized spacial score (nSPS) is 10.4. The molecule has 1 N–H and O–H groups in total. The molecule has 108 valence electrons. The molecule has 3 rings (SSSR count). The van der Waals surface area contributed by atoms with Gasteiger partial charge in [0.2, 0.25) is 0 Å². The first-order chi connectivity index (χ1) is 10.6. The van der Waals surface area contributed by atoms with E-state index in [1.807, 2.05) is 30.3 Å². The Morgan fingerprint density at radius 1 is 0.864 bits per heavy atom. The Bertz CT molecular complexity index is 814. The van der Waals surface area contributed by atoms with Crippen LogP contribution < -0.4 is 0 Å². The van der Waals surface area contributed by atoms with Gasteiger partial charge in [-0.15, -0.1) is 0 Å². The quantitative estimate of drug-likeness (QED) is 0.785. The highest BCUT2D eigenvalue weighted by molar-refractivity contribution is 5.88. The van der Waals surface area contributed by atoms with Crippen LogP contribution in [0.5, 0.6) is 0 Å². The number of benzene rings is 2. The largest absolute Gasteiger partial charge is 0.477 e. The van der Waals surface area contributed by atoms with E-state index in [0.29, 0.717) is 11.3 Å². The summed E-state index contributed by atoms with van der Waals surface area (Å²) in [5.74, 6) is -1.43. The average molecular weight is 293 g/mol. The number of nitrogens with zero attached hydrogens (tertiary/aromatic N) is 1. The lowest BCUT2D eigenvalue weighted by Gasteiger charge is -2.08. The molecule has 0 unspecified atom stereocenters. The molecule has 0 atom stereocenters. The smallest absolute Gasteiger partial charge is 0.354 e. The fourth-order valence-corrected chi connectivity index (χ4v) is 2.21. The Morgan fingerprint density at radius 3 is 2.18 bits per heavy atom. The van der Waals surface area contributed by atoms with E-state index < -0.39 is 5.97 Å². The molecule has 2 aromatic carbocycles. The Hall–Kier alpha value is -3.01. The molecule has 0 fully saturated rings. The van der Waals surface area contributed by atoms with Gasteiger partial charge in [0, 0.05) is 5.56 Å². The molecule has 0 radical (unpaired) electrons. The van der Waals surface area contributed by atoms with Crippen molar-refractivity contribution in [1.82, 2.24) is 4.98 Å². The number of carboxylic acid groups (broad SMARTS) is 1. The highest BCUT2D eigenvalue weighted by atomic mass is 19.1. The van der Waals surface area contributed by atoms with Gasteiger partial charge in [0.1, 0.15) is 11.5 Å². The van der Waals surface area contributed by atoms with Crippen molar-refractivity contribution < 1.29 is 14.3 Å². The van der Waals surface area contributed by atoms with Gasteiger partial charge in [-0.1, -0.05) is 42.5 Å². The summed E-state index contributed by atoms with van der Waals surface area (Å²) in [5.41, 5.74) is 2.78. The summed E-state index contributed by atoms with van der Waals surface area (Å²) in [7, 11) is 0. The molecule has 0 amide bonds. The van der Waals surface area contributed by atoms with E-state index >= 15 is 0 Å². The maximum Gasteiger partial charge on any atom is 0.354 e. The SMILES string of the molecule is O=C(O)c1cc(-c2ccc(F)cc2)cc(-c2ccccc2)n1. The predicted molar refractivity (Wildman–Crippen MR) is 82.0 cm³/mol. The van der Waals surface area contributed by atoms with Gasteiger partial charge in [0.25, 0.3) is 0 Å². The van der Waals surface area contributed by atoms with E-state index in [4.69, 9.17) is 0 Å². The standard InChI is InChI=1S/C18H12FNO2/c19-15-8-6-12(7-9-15)14-10-16(13-4-2-1-3-5-13)20-17(11-14)18(21)22/h1-11H,(H,21,22). The van der Waals surface area contributed by atoms with Crippen LogP contribution in [0.25, 0.3) is 22.4 Å². The number of hydrogen-bond acceptors (Lipinski definition) is 2. The van der Waals surface area contributed by atoms with Gasteiger partial charge in [0.05, 0.1) is 5.69 Å². The molecule has 22 heavy (non-hydrogen) atoms. The molecule has 4 heteroatoms. The summed E-state index contributed by atoms with van der Waals surface area (Å²) in [5, 5.41) is 9.25. The number of rotatable bonds is 3. The fraction of sp³-hybridized carbons (Fsp3) is 0. The molecule has 3 aromatic rings.